The summed E-state index contributed by atoms with van der Waals surface area (Å²) in [5, 5.41) is 14.9. The monoisotopic (exact) mass is 536 g/mol. The van der Waals surface area contributed by atoms with Crippen LogP contribution in [0.15, 0.2) is 4.34 Å². The molecular weight excluding hydrogens is 504 g/mol. The molecule has 0 spiro atoms. The molecule has 0 aliphatic heterocycles. The number of esters is 1. The number of carbonyl (C=O) groups is 3. The van der Waals surface area contributed by atoms with Crippen LogP contribution in [0.4, 0.5) is 10.1 Å². The van der Waals surface area contributed by atoms with Gasteiger partial charge in [0, 0.05) is 11.3 Å². The number of anilines is 2. The van der Waals surface area contributed by atoms with Crippen molar-refractivity contribution in [2.24, 2.45) is 5.92 Å². The maximum Gasteiger partial charge on any atom is 0.341 e. The van der Waals surface area contributed by atoms with Gasteiger partial charge in [-0.2, -0.15) is 0 Å². The van der Waals surface area contributed by atoms with Gasteiger partial charge in [-0.15, -0.1) is 21.5 Å². The fourth-order valence-corrected chi connectivity index (χ4v) is 7.54. The van der Waals surface area contributed by atoms with Crippen LogP contribution < -0.4 is 10.6 Å². The summed E-state index contributed by atoms with van der Waals surface area (Å²) in [6.07, 6.45) is 11.5. The number of thiophene rings is 1. The Morgan fingerprint density at radius 1 is 1.00 bits per heavy atom. The first-order chi connectivity index (χ1) is 17.0. The maximum atomic E-state index is 12.7. The summed E-state index contributed by atoms with van der Waals surface area (Å²) in [5.41, 5.74) is 1.55. The molecule has 0 atom stereocenters. The fourth-order valence-electron chi connectivity index (χ4n) is 4.67. The van der Waals surface area contributed by atoms with Gasteiger partial charge in [0.2, 0.25) is 16.9 Å². The Labute approximate surface area is 218 Å². The lowest BCUT2D eigenvalue weighted by Gasteiger charge is -2.08. The molecule has 4 rings (SSSR count). The zero-order valence-corrected chi connectivity index (χ0v) is 22.5. The zero-order valence-electron chi connectivity index (χ0n) is 20.0. The standard InChI is InChI=1S/C24H32N4O4S3/c1-2-32-22(31)20-16-10-4-3-5-11-17(16)34-21(20)25-19(30)14-33-24-28-27-23(35-24)26-18(29)13-12-15-8-6-7-9-15/h15H,2-14H2,1H3,(H,25,30)(H,26,27,29). The first-order valence-electron chi connectivity index (χ1n) is 12.4. The molecular formula is C24H32N4O4S3. The summed E-state index contributed by atoms with van der Waals surface area (Å²) < 4.78 is 5.90. The van der Waals surface area contributed by atoms with Gasteiger partial charge in [0.15, 0.2) is 4.34 Å². The van der Waals surface area contributed by atoms with Crippen LogP contribution in [0.25, 0.3) is 0 Å². The summed E-state index contributed by atoms with van der Waals surface area (Å²) in [6, 6.07) is 0. The number of nitrogens with zero attached hydrogens (tertiary/aromatic N) is 2. The largest absolute Gasteiger partial charge is 0.462 e. The van der Waals surface area contributed by atoms with Gasteiger partial charge in [0.05, 0.1) is 17.9 Å². The summed E-state index contributed by atoms with van der Waals surface area (Å²) >= 11 is 4.02. The van der Waals surface area contributed by atoms with Crippen LogP contribution in [0.5, 0.6) is 0 Å². The molecule has 0 saturated heterocycles. The Morgan fingerprint density at radius 3 is 2.60 bits per heavy atom. The number of thioether (sulfide) groups is 1. The van der Waals surface area contributed by atoms with E-state index in [2.05, 4.69) is 20.8 Å². The molecule has 1 saturated carbocycles. The van der Waals surface area contributed by atoms with E-state index in [1.807, 2.05) is 0 Å². The summed E-state index contributed by atoms with van der Waals surface area (Å²) in [7, 11) is 0. The number of hydrogen-bond donors (Lipinski definition) is 2. The van der Waals surface area contributed by atoms with E-state index in [-0.39, 0.29) is 23.5 Å². The number of nitrogens with one attached hydrogen (secondary N) is 2. The van der Waals surface area contributed by atoms with Crippen LogP contribution >= 0.6 is 34.4 Å². The maximum absolute atomic E-state index is 12.7. The number of carbonyl (C=O) groups excluding carboxylic acids is 3. The van der Waals surface area contributed by atoms with Crippen LogP contribution in [-0.2, 0) is 27.2 Å². The molecule has 2 aromatic rings. The van der Waals surface area contributed by atoms with E-state index >= 15 is 0 Å². The lowest BCUT2D eigenvalue weighted by atomic mass is 10.0. The smallest absolute Gasteiger partial charge is 0.341 e. The number of hydrogen-bond acceptors (Lipinski definition) is 9. The van der Waals surface area contributed by atoms with Gasteiger partial charge in [0.25, 0.3) is 0 Å². The molecule has 2 aromatic heterocycles. The van der Waals surface area contributed by atoms with Crippen LogP contribution in [0.3, 0.4) is 0 Å². The van der Waals surface area contributed by atoms with Crippen molar-refractivity contribution in [3.63, 3.8) is 0 Å². The van der Waals surface area contributed by atoms with Gasteiger partial charge in [0.1, 0.15) is 5.00 Å². The van der Waals surface area contributed by atoms with Crippen molar-refractivity contribution in [2.45, 2.75) is 81.9 Å². The third-order valence-corrected chi connectivity index (χ3v) is 9.57. The lowest BCUT2D eigenvalue weighted by Crippen LogP contribution is -2.16. The molecule has 2 aliphatic rings. The van der Waals surface area contributed by atoms with E-state index < -0.39 is 0 Å². The molecule has 1 fully saturated rings. The normalized spacial score (nSPS) is 15.9. The fraction of sp³-hybridized carbons (Fsp3) is 0.625. The zero-order chi connectivity index (χ0) is 24.6. The van der Waals surface area contributed by atoms with E-state index in [9.17, 15) is 14.4 Å². The van der Waals surface area contributed by atoms with Crippen molar-refractivity contribution in [2.75, 3.05) is 23.0 Å². The van der Waals surface area contributed by atoms with Crippen LogP contribution in [0, 0.1) is 5.92 Å². The van der Waals surface area contributed by atoms with E-state index in [1.54, 1.807) is 6.92 Å². The topological polar surface area (TPSA) is 110 Å². The molecule has 8 nitrogen and oxygen atoms in total. The van der Waals surface area contributed by atoms with Gasteiger partial charge in [-0.3, -0.25) is 9.59 Å². The Morgan fingerprint density at radius 2 is 1.80 bits per heavy atom. The quantitative estimate of drug-likeness (QED) is 0.174. The first kappa shape index (κ1) is 26.1. The third-order valence-electron chi connectivity index (χ3n) is 6.39. The molecule has 0 aromatic carbocycles. The molecule has 190 valence electrons. The van der Waals surface area contributed by atoms with Crippen molar-refractivity contribution >= 4 is 62.4 Å². The predicted octanol–water partition coefficient (Wildman–Crippen LogP) is 5.68. The van der Waals surface area contributed by atoms with Crippen LogP contribution in [-0.4, -0.2) is 40.3 Å². The molecule has 2 heterocycles. The Kier molecular flexibility index (Phi) is 9.56. The second-order valence-electron chi connectivity index (χ2n) is 8.94. The van der Waals surface area contributed by atoms with E-state index in [4.69, 9.17) is 4.74 Å². The highest BCUT2D eigenvalue weighted by Gasteiger charge is 2.26. The van der Waals surface area contributed by atoms with E-state index in [1.165, 1.54) is 65.0 Å². The van der Waals surface area contributed by atoms with Crippen molar-refractivity contribution in [1.29, 1.82) is 0 Å². The highest BCUT2D eigenvalue weighted by molar-refractivity contribution is 8.01. The first-order valence-corrected chi connectivity index (χ1v) is 15.0. The minimum Gasteiger partial charge on any atom is -0.462 e. The SMILES string of the molecule is CCOC(=O)c1c(NC(=O)CSc2nnc(NC(=O)CCC3CCCC3)s2)sc2c1CCCCC2. The van der Waals surface area contributed by atoms with Gasteiger partial charge < -0.3 is 15.4 Å². The Balaban J connectivity index is 1.29. The van der Waals surface area contributed by atoms with Crippen LogP contribution in [0.1, 0.15) is 85.5 Å². The van der Waals surface area contributed by atoms with Gasteiger partial charge in [-0.05, 0) is 50.5 Å². The molecule has 0 unspecified atom stereocenters. The van der Waals surface area contributed by atoms with Gasteiger partial charge in [-0.1, -0.05) is 55.2 Å². The Hall–Kier alpha value is -1.98. The van der Waals surface area contributed by atoms with E-state index in [0.717, 1.165) is 44.1 Å². The summed E-state index contributed by atoms with van der Waals surface area (Å²) in [5.74, 6) is 0.185. The molecule has 2 amide bonds. The second-order valence-corrected chi connectivity index (χ2v) is 12.2. The number of rotatable bonds is 10. The molecule has 35 heavy (non-hydrogen) atoms. The lowest BCUT2D eigenvalue weighted by molar-refractivity contribution is -0.116. The highest BCUT2D eigenvalue weighted by atomic mass is 32.2. The van der Waals surface area contributed by atoms with Gasteiger partial charge in [-0.25, -0.2) is 4.79 Å². The summed E-state index contributed by atoms with van der Waals surface area (Å²) in [6.45, 7) is 2.08. The van der Waals surface area contributed by atoms with E-state index in [0.29, 0.717) is 39.0 Å². The van der Waals surface area contributed by atoms with Crippen LogP contribution in [0.2, 0.25) is 0 Å². The summed E-state index contributed by atoms with van der Waals surface area (Å²) in [4.78, 5) is 38.7. The number of amides is 2. The molecule has 11 heteroatoms. The number of aryl methyl sites for hydroxylation is 1. The average molecular weight is 537 g/mol. The molecule has 2 N–H and O–H groups in total. The molecule has 0 radical (unpaired) electrons. The number of aromatic nitrogens is 2. The van der Waals surface area contributed by atoms with Crippen molar-refractivity contribution < 1.29 is 19.1 Å². The third kappa shape index (κ3) is 7.27. The van der Waals surface area contributed by atoms with Crippen molar-refractivity contribution in [3.05, 3.63) is 16.0 Å². The minimum atomic E-state index is -0.368. The molecule has 0 bridgehead atoms. The Bertz CT molecular complexity index is 1050. The van der Waals surface area contributed by atoms with Crippen molar-refractivity contribution in [1.82, 2.24) is 10.2 Å². The van der Waals surface area contributed by atoms with Crippen molar-refractivity contribution in [3.8, 4) is 0 Å². The highest BCUT2D eigenvalue weighted by Crippen LogP contribution is 2.38. The minimum absolute atomic E-state index is 0.0358. The second kappa shape index (κ2) is 12.8. The number of ether oxygens (including phenoxy) is 1. The predicted molar refractivity (Wildman–Crippen MR) is 141 cm³/mol. The number of fused-ring (bicyclic) bond motifs is 1. The average Bonchev–Trinajstić information content (AvgIpc) is 3.55. The molecule has 2 aliphatic carbocycles. The van der Waals surface area contributed by atoms with Gasteiger partial charge >= 0.3 is 5.97 Å².